The van der Waals surface area contributed by atoms with Gasteiger partial charge in [0.05, 0.1) is 0 Å². The molecule has 0 spiro atoms. The van der Waals surface area contributed by atoms with Gasteiger partial charge in [-0.25, -0.2) is 14.6 Å². The van der Waals surface area contributed by atoms with Crippen LogP contribution in [-0.4, -0.2) is 15.5 Å². The van der Waals surface area contributed by atoms with Crippen LogP contribution in [0.15, 0.2) is 0 Å². The molecule has 2 atom stereocenters. The van der Waals surface area contributed by atoms with E-state index in [1.165, 1.54) is 0 Å². The lowest BCUT2D eigenvalue weighted by molar-refractivity contribution is 0.776. The molecule has 0 saturated carbocycles. The Kier molecular flexibility index (Phi) is 4.61. The summed E-state index contributed by atoms with van der Waals surface area (Å²) in [7, 11) is 2.67. The summed E-state index contributed by atoms with van der Waals surface area (Å²) in [6.07, 6.45) is 0. The molecule has 0 aromatic heterocycles. The van der Waals surface area contributed by atoms with E-state index in [1.54, 1.807) is 0 Å². The summed E-state index contributed by atoms with van der Waals surface area (Å²) < 4.78 is 0. The number of hydrogen-bond donors (Lipinski definition) is 0. The van der Waals surface area contributed by atoms with Crippen LogP contribution in [0, 0.1) is 0 Å². The Labute approximate surface area is 108 Å². The molecular formula is C12H27P4-. The van der Waals surface area contributed by atoms with Crippen LogP contribution in [-0.2, 0) is 0 Å². The monoisotopic (exact) mass is 295 g/mol. The first-order valence-electron chi connectivity index (χ1n) is 5.97. The predicted molar refractivity (Wildman–Crippen MR) is 86.9 cm³/mol. The fourth-order valence-electron chi connectivity index (χ4n) is 1.61. The van der Waals surface area contributed by atoms with Crippen molar-refractivity contribution in [2.24, 2.45) is 0 Å². The Hall–Kier alpha value is 1.72. The maximum absolute atomic E-state index is 2.48. The van der Waals surface area contributed by atoms with Crippen LogP contribution in [0.2, 0.25) is 0 Å². The Morgan fingerprint density at radius 1 is 0.562 bits per heavy atom. The van der Waals surface area contributed by atoms with E-state index < -0.39 is 0 Å². The van der Waals surface area contributed by atoms with Gasteiger partial charge in [-0.05, 0) is 15.5 Å². The highest BCUT2D eigenvalue weighted by Crippen LogP contribution is 3.19. The normalized spacial score (nSPS) is 33.9. The number of hydrogen-bond acceptors (Lipinski definition) is 0. The van der Waals surface area contributed by atoms with Crippen molar-refractivity contribution in [3.05, 3.63) is 0 Å². The van der Waals surface area contributed by atoms with Crippen LogP contribution in [0.4, 0.5) is 0 Å². The maximum atomic E-state index is 2.48. The summed E-state index contributed by atoms with van der Waals surface area (Å²) in [5, 5.41) is 1.71. The quantitative estimate of drug-likeness (QED) is 0.407. The van der Waals surface area contributed by atoms with Crippen molar-refractivity contribution in [2.75, 3.05) is 0 Å². The zero-order valence-corrected chi connectivity index (χ0v) is 15.9. The van der Waals surface area contributed by atoms with Gasteiger partial charge in [0.1, 0.15) is 0 Å². The Bertz CT molecular complexity index is 234. The molecule has 0 aromatic rings. The van der Waals surface area contributed by atoms with Gasteiger partial charge in [0, 0.05) is 0 Å². The first-order valence-corrected chi connectivity index (χ1v) is 13.7. The minimum absolute atomic E-state index is 0.272. The molecule has 0 N–H and O–H groups in total. The molecule has 0 nitrogen and oxygen atoms in total. The summed E-state index contributed by atoms with van der Waals surface area (Å²) in [6.45, 7) is 22.2. The minimum atomic E-state index is 0.272. The highest BCUT2D eigenvalue weighted by molar-refractivity contribution is 9.05. The Morgan fingerprint density at radius 3 is 1.06 bits per heavy atom. The molecule has 1 aliphatic rings. The molecule has 2 unspecified atom stereocenters. The van der Waals surface area contributed by atoms with E-state index in [0.717, 1.165) is 0 Å². The molecule has 1 heterocycles. The Balaban J connectivity index is 2.92. The zero-order valence-electron chi connectivity index (χ0n) is 12.3. The molecule has 1 rings (SSSR count). The van der Waals surface area contributed by atoms with Gasteiger partial charge in [-0.15, -0.1) is 7.30 Å². The van der Waals surface area contributed by atoms with Gasteiger partial charge < -0.3 is 7.96 Å². The van der Waals surface area contributed by atoms with E-state index in [2.05, 4.69) is 62.3 Å². The molecule has 96 valence electrons. The molecule has 0 aliphatic carbocycles. The lowest BCUT2D eigenvalue weighted by atomic mass is 10.3. The molecule has 4 heteroatoms. The summed E-state index contributed by atoms with van der Waals surface area (Å²) in [6, 6.07) is 0. The molecule has 0 bridgehead atoms. The fraction of sp³-hybridized carbons (Fsp3) is 1.00. The largest absolute Gasteiger partial charge is 0.464 e. The van der Waals surface area contributed by atoms with Gasteiger partial charge in [0.25, 0.3) is 0 Å². The van der Waals surface area contributed by atoms with E-state index in [9.17, 15) is 0 Å². The second-order valence-corrected chi connectivity index (χ2v) is 25.6. The smallest absolute Gasteiger partial charge is 0.0145 e. The SMILES string of the molecule is CC(C)(C)P1[P-]P(C(C)(C)C)P1C(C)(C)C. The first-order chi connectivity index (χ1) is 6.85. The molecule has 0 amide bonds. The average Bonchev–Trinajstić information content (AvgIpc) is 1.68. The van der Waals surface area contributed by atoms with Crippen molar-refractivity contribution >= 4 is 29.9 Å². The second-order valence-electron chi connectivity index (χ2n) is 7.47. The van der Waals surface area contributed by atoms with Gasteiger partial charge in [0.2, 0.25) is 0 Å². The van der Waals surface area contributed by atoms with Crippen LogP contribution in [0.1, 0.15) is 62.3 Å². The fourth-order valence-corrected chi connectivity index (χ4v) is 41.3. The maximum Gasteiger partial charge on any atom is -0.0145 e. The summed E-state index contributed by atoms with van der Waals surface area (Å²) in [5.74, 6) is 0. The summed E-state index contributed by atoms with van der Waals surface area (Å²) in [5.41, 5.74) is 0. The van der Waals surface area contributed by atoms with Crippen LogP contribution in [0.25, 0.3) is 0 Å². The topological polar surface area (TPSA) is 0 Å². The van der Waals surface area contributed by atoms with Crippen molar-refractivity contribution in [1.82, 2.24) is 0 Å². The van der Waals surface area contributed by atoms with Gasteiger partial charge in [-0.2, -0.15) is 0 Å². The van der Waals surface area contributed by atoms with Crippen molar-refractivity contribution < 1.29 is 0 Å². The lowest BCUT2D eigenvalue weighted by Gasteiger charge is -2.74. The summed E-state index contributed by atoms with van der Waals surface area (Å²) in [4.78, 5) is 0. The lowest BCUT2D eigenvalue weighted by Crippen LogP contribution is -2.23. The van der Waals surface area contributed by atoms with Crippen LogP contribution >= 0.6 is 29.9 Å². The predicted octanol–water partition coefficient (Wildman–Crippen LogP) is 7.45. The molecule has 1 fully saturated rings. The van der Waals surface area contributed by atoms with E-state index in [-0.39, 0.29) is 21.9 Å². The average molecular weight is 295 g/mol. The third kappa shape index (κ3) is 3.39. The Morgan fingerprint density at radius 2 is 0.875 bits per heavy atom. The van der Waals surface area contributed by atoms with Crippen molar-refractivity contribution in [2.45, 2.75) is 77.8 Å². The molecule has 0 radical (unpaired) electrons. The van der Waals surface area contributed by atoms with Crippen LogP contribution in [0.5, 0.6) is 0 Å². The standard InChI is InChI=1S/C12H27P4/c1-10(2,3)14-13-15(11(4,5)6)16(14)12(7,8)9/h1-9H3/q-1. The second kappa shape index (κ2) is 4.68. The molecule has 1 saturated heterocycles. The van der Waals surface area contributed by atoms with Gasteiger partial charge in [-0.1, -0.05) is 62.3 Å². The van der Waals surface area contributed by atoms with E-state index in [1.807, 2.05) is 7.96 Å². The highest BCUT2D eigenvalue weighted by atomic mass is 33.0. The van der Waals surface area contributed by atoms with Gasteiger partial charge >= 0.3 is 0 Å². The van der Waals surface area contributed by atoms with Crippen LogP contribution in [0.3, 0.4) is 0 Å². The van der Waals surface area contributed by atoms with Crippen molar-refractivity contribution in [3.8, 4) is 0 Å². The molecule has 16 heavy (non-hydrogen) atoms. The van der Waals surface area contributed by atoms with Crippen molar-refractivity contribution in [3.63, 3.8) is 0 Å². The third-order valence-corrected chi connectivity index (χ3v) is 37.3. The third-order valence-electron chi connectivity index (χ3n) is 2.33. The van der Waals surface area contributed by atoms with Crippen molar-refractivity contribution in [1.29, 1.82) is 0 Å². The van der Waals surface area contributed by atoms with Gasteiger partial charge in [0.15, 0.2) is 0 Å². The highest BCUT2D eigenvalue weighted by Gasteiger charge is 2.43. The minimum Gasteiger partial charge on any atom is -0.464 e. The molecule has 1 aliphatic heterocycles. The van der Waals surface area contributed by atoms with Crippen LogP contribution < -0.4 is 0 Å². The van der Waals surface area contributed by atoms with E-state index >= 15 is 0 Å². The van der Waals surface area contributed by atoms with Gasteiger partial charge in [-0.3, -0.25) is 0 Å². The molecular weight excluding hydrogens is 268 g/mol. The summed E-state index contributed by atoms with van der Waals surface area (Å²) >= 11 is 0. The van der Waals surface area contributed by atoms with E-state index in [4.69, 9.17) is 0 Å². The first kappa shape index (κ1) is 15.8. The molecule has 0 aromatic carbocycles. The number of rotatable bonds is 0. The van der Waals surface area contributed by atoms with E-state index in [0.29, 0.717) is 15.5 Å². The zero-order chi connectivity index (χ0) is 12.9.